The number of aliphatic imine (C=N–C) groups is 1. The molecule has 2 rings (SSSR count). The van der Waals surface area contributed by atoms with Crippen molar-refractivity contribution in [3.05, 3.63) is 59.2 Å². The zero-order chi connectivity index (χ0) is 21.8. The van der Waals surface area contributed by atoms with Crippen LogP contribution in [0, 0.1) is 13.8 Å². The average Bonchev–Trinajstić information content (AvgIpc) is 2.71. The van der Waals surface area contributed by atoms with Gasteiger partial charge in [-0.3, -0.25) is 0 Å². The maximum Gasteiger partial charge on any atom is 0.122 e. The molecule has 3 nitrogen and oxygen atoms in total. The molecule has 0 aliphatic rings. The molecule has 0 heterocycles. The highest BCUT2D eigenvalue weighted by Crippen LogP contribution is 2.30. The summed E-state index contributed by atoms with van der Waals surface area (Å²) in [4.78, 5) is 4.94. The average molecular weight is 405 g/mol. The van der Waals surface area contributed by atoms with Crippen LogP contribution in [0.25, 0.3) is 0 Å². The smallest absolute Gasteiger partial charge is 0.122 e. The van der Waals surface area contributed by atoms with Crippen LogP contribution in [-0.2, 0) is 5.75 Å². The molecule has 2 aromatic carbocycles. The van der Waals surface area contributed by atoms with E-state index in [0.717, 1.165) is 24.5 Å². The van der Waals surface area contributed by atoms with E-state index in [2.05, 4.69) is 74.2 Å². The normalized spacial score (nSPS) is 8.86. The SMILES string of the molecule is C=NCCC.CC.CNC.COc1ccc(C)cc1CSc1ccccc1C. The van der Waals surface area contributed by atoms with Crippen LogP contribution >= 0.6 is 11.8 Å². The van der Waals surface area contributed by atoms with E-state index in [1.807, 2.05) is 45.8 Å². The van der Waals surface area contributed by atoms with E-state index >= 15 is 0 Å². The first kappa shape index (κ1) is 28.4. The Morgan fingerprint density at radius 2 is 1.68 bits per heavy atom. The van der Waals surface area contributed by atoms with Gasteiger partial charge < -0.3 is 15.0 Å². The van der Waals surface area contributed by atoms with Crippen molar-refractivity contribution in [2.24, 2.45) is 4.99 Å². The lowest BCUT2D eigenvalue weighted by Gasteiger charge is -2.10. The van der Waals surface area contributed by atoms with Crippen molar-refractivity contribution < 1.29 is 4.74 Å². The molecule has 0 bridgehead atoms. The van der Waals surface area contributed by atoms with Crippen LogP contribution in [0.1, 0.15) is 43.9 Å². The number of rotatable bonds is 6. The van der Waals surface area contributed by atoms with Gasteiger partial charge in [-0.25, -0.2) is 0 Å². The molecule has 0 saturated heterocycles. The summed E-state index contributed by atoms with van der Waals surface area (Å²) in [7, 11) is 5.48. The number of nitrogens with zero attached hydrogens (tertiary/aromatic N) is 1. The molecular formula is C24H40N2OS. The summed E-state index contributed by atoms with van der Waals surface area (Å²) in [5.74, 6) is 1.91. The van der Waals surface area contributed by atoms with Gasteiger partial charge in [-0.2, -0.15) is 0 Å². The van der Waals surface area contributed by atoms with Gasteiger partial charge in [-0.1, -0.05) is 56.7 Å². The second-order valence-corrected chi connectivity index (χ2v) is 6.83. The van der Waals surface area contributed by atoms with Crippen molar-refractivity contribution >= 4 is 18.5 Å². The second kappa shape index (κ2) is 20.0. The minimum absolute atomic E-state index is 0.903. The molecule has 0 fully saturated rings. The van der Waals surface area contributed by atoms with E-state index in [0.29, 0.717) is 0 Å². The number of benzene rings is 2. The van der Waals surface area contributed by atoms with E-state index in [9.17, 15) is 0 Å². The van der Waals surface area contributed by atoms with Crippen molar-refractivity contribution in [3.8, 4) is 5.75 Å². The van der Waals surface area contributed by atoms with Gasteiger partial charge in [0.1, 0.15) is 5.75 Å². The van der Waals surface area contributed by atoms with Crippen LogP contribution in [0.5, 0.6) is 5.75 Å². The Morgan fingerprint density at radius 1 is 1.07 bits per heavy atom. The molecule has 0 atom stereocenters. The van der Waals surface area contributed by atoms with E-state index in [1.54, 1.807) is 7.11 Å². The molecule has 28 heavy (non-hydrogen) atoms. The van der Waals surface area contributed by atoms with Crippen LogP contribution in [-0.4, -0.2) is 34.5 Å². The minimum Gasteiger partial charge on any atom is -0.496 e. The van der Waals surface area contributed by atoms with Gasteiger partial charge in [0, 0.05) is 22.8 Å². The Labute approximate surface area is 178 Å². The van der Waals surface area contributed by atoms with Gasteiger partial charge in [0.15, 0.2) is 0 Å². The van der Waals surface area contributed by atoms with Crippen LogP contribution in [0.3, 0.4) is 0 Å². The van der Waals surface area contributed by atoms with E-state index in [1.165, 1.54) is 21.6 Å². The number of thioether (sulfide) groups is 1. The lowest BCUT2D eigenvalue weighted by molar-refractivity contribution is 0.411. The molecule has 0 radical (unpaired) electrons. The summed E-state index contributed by atoms with van der Waals surface area (Å²) in [5.41, 5.74) is 3.86. The van der Waals surface area contributed by atoms with Gasteiger partial charge in [0.2, 0.25) is 0 Å². The van der Waals surface area contributed by atoms with Crippen molar-refractivity contribution in [1.29, 1.82) is 0 Å². The first-order valence-electron chi connectivity index (χ1n) is 9.86. The number of methoxy groups -OCH3 is 1. The largest absolute Gasteiger partial charge is 0.496 e. The summed E-state index contributed by atoms with van der Waals surface area (Å²) in [5, 5.41) is 2.75. The molecule has 0 aromatic heterocycles. The first-order chi connectivity index (χ1) is 13.5. The number of hydrogen-bond donors (Lipinski definition) is 1. The van der Waals surface area contributed by atoms with Gasteiger partial charge >= 0.3 is 0 Å². The van der Waals surface area contributed by atoms with E-state index < -0.39 is 0 Å². The Kier molecular flexibility index (Phi) is 20.3. The second-order valence-electron chi connectivity index (χ2n) is 5.82. The summed E-state index contributed by atoms with van der Waals surface area (Å²) < 4.78 is 5.41. The molecule has 0 spiro atoms. The predicted molar refractivity (Wildman–Crippen MR) is 130 cm³/mol. The fourth-order valence-electron chi connectivity index (χ4n) is 2.05. The van der Waals surface area contributed by atoms with Gasteiger partial charge in [-0.05, 0) is 58.8 Å². The molecule has 0 amide bonds. The highest BCUT2D eigenvalue weighted by Gasteiger charge is 2.05. The van der Waals surface area contributed by atoms with Gasteiger partial charge in [-0.15, -0.1) is 11.8 Å². The first-order valence-corrected chi connectivity index (χ1v) is 10.8. The lowest BCUT2D eigenvalue weighted by atomic mass is 10.1. The Bertz CT molecular complexity index is 630. The van der Waals surface area contributed by atoms with Crippen molar-refractivity contribution in [2.75, 3.05) is 27.7 Å². The van der Waals surface area contributed by atoms with Crippen LogP contribution in [0.4, 0.5) is 0 Å². The standard InChI is InChI=1S/C16H18OS.C4H9N.C2H7N.C2H6/c1-12-8-9-15(17-3)14(10-12)11-18-16-7-5-4-6-13(16)2;1-3-4-5-2;1-3-2;1-2/h4-10H,11H2,1-3H3;2-4H2,1H3;3H,1-2H3;1-2H3. The quantitative estimate of drug-likeness (QED) is 0.437. The van der Waals surface area contributed by atoms with E-state index in [4.69, 9.17) is 4.74 Å². The maximum atomic E-state index is 5.41. The number of ether oxygens (including phenoxy) is 1. The Morgan fingerprint density at radius 3 is 2.14 bits per heavy atom. The summed E-state index contributed by atoms with van der Waals surface area (Å²) >= 11 is 1.86. The third-order valence-corrected chi connectivity index (χ3v) is 4.52. The lowest BCUT2D eigenvalue weighted by Crippen LogP contribution is -1.91. The molecule has 0 aliphatic carbocycles. The highest BCUT2D eigenvalue weighted by molar-refractivity contribution is 7.98. The van der Waals surface area contributed by atoms with Crippen molar-refractivity contribution in [3.63, 3.8) is 0 Å². The van der Waals surface area contributed by atoms with Crippen LogP contribution in [0.15, 0.2) is 52.4 Å². The molecule has 0 unspecified atom stereocenters. The summed E-state index contributed by atoms with van der Waals surface area (Å²) in [6.07, 6.45) is 1.11. The zero-order valence-corrected chi connectivity index (χ0v) is 20.0. The zero-order valence-electron chi connectivity index (χ0n) is 19.1. The van der Waals surface area contributed by atoms with Crippen LogP contribution < -0.4 is 10.1 Å². The molecule has 2 aromatic rings. The topological polar surface area (TPSA) is 33.6 Å². The molecular weight excluding hydrogens is 364 g/mol. The third kappa shape index (κ3) is 13.4. The monoisotopic (exact) mass is 404 g/mol. The van der Waals surface area contributed by atoms with Gasteiger partial charge in [0.25, 0.3) is 0 Å². The summed E-state index contributed by atoms with van der Waals surface area (Å²) in [6.45, 7) is 14.5. The van der Waals surface area contributed by atoms with E-state index in [-0.39, 0.29) is 0 Å². The molecule has 4 heteroatoms. The molecule has 0 saturated carbocycles. The molecule has 1 N–H and O–H groups in total. The third-order valence-electron chi connectivity index (χ3n) is 3.29. The van der Waals surface area contributed by atoms with Crippen molar-refractivity contribution in [1.82, 2.24) is 5.32 Å². The fourth-order valence-corrected chi connectivity index (χ4v) is 3.06. The number of nitrogens with one attached hydrogen (secondary N) is 1. The van der Waals surface area contributed by atoms with Crippen molar-refractivity contribution in [2.45, 2.75) is 51.7 Å². The Hall–Kier alpha value is -1.78. The number of aryl methyl sites for hydroxylation is 2. The van der Waals surface area contributed by atoms with Gasteiger partial charge in [0.05, 0.1) is 7.11 Å². The molecule has 158 valence electrons. The predicted octanol–water partition coefficient (Wildman–Crippen LogP) is 6.56. The Balaban J connectivity index is 0. The number of hydrogen-bond acceptors (Lipinski definition) is 4. The minimum atomic E-state index is 0.903. The maximum absolute atomic E-state index is 5.41. The molecule has 0 aliphatic heterocycles. The highest BCUT2D eigenvalue weighted by atomic mass is 32.2. The van der Waals surface area contributed by atoms with Crippen LogP contribution in [0.2, 0.25) is 0 Å². The fraction of sp³-hybridized carbons (Fsp3) is 0.458. The summed E-state index contributed by atoms with van der Waals surface area (Å²) in [6, 6.07) is 14.8.